The first-order valence-corrected chi connectivity index (χ1v) is 11.0. The summed E-state index contributed by atoms with van der Waals surface area (Å²) in [5, 5.41) is 17.0. The molecule has 0 atom stereocenters. The van der Waals surface area contributed by atoms with Crippen molar-refractivity contribution < 1.29 is 9.59 Å². The van der Waals surface area contributed by atoms with Crippen LogP contribution in [0.1, 0.15) is 36.5 Å². The Balaban J connectivity index is 1.48. The zero-order valence-electron chi connectivity index (χ0n) is 17.4. The number of amides is 2. The Hall–Kier alpha value is -3.50. The highest BCUT2D eigenvalue weighted by Crippen LogP contribution is 2.25. The highest BCUT2D eigenvalue weighted by atomic mass is 32.1. The van der Waals surface area contributed by atoms with Crippen LogP contribution in [0.25, 0.3) is 11.3 Å². The van der Waals surface area contributed by atoms with E-state index in [0.717, 1.165) is 29.7 Å². The number of nitrogens with zero attached hydrogens (tertiary/aromatic N) is 2. The van der Waals surface area contributed by atoms with Crippen LogP contribution in [0.3, 0.4) is 0 Å². The lowest BCUT2D eigenvalue weighted by atomic mass is 10.1. The monoisotopic (exact) mass is 432 g/mol. The van der Waals surface area contributed by atoms with Crippen LogP contribution >= 0.6 is 11.3 Å². The number of aromatic nitrogens is 1. The molecule has 2 N–H and O–H groups in total. The second-order valence-electron chi connectivity index (χ2n) is 7.18. The topological polar surface area (TPSA) is 94.9 Å². The van der Waals surface area contributed by atoms with Gasteiger partial charge in [-0.05, 0) is 42.5 Å². The Kier molecular flexibility index (Phi) is 7.91. The van der Waals surface area contributed by atoms with Crippen molar-refractivity contribution in [2.75, 3.05) is 11.9 Å². The molecule has 0 aliphatic rings. The number of thiazole rings is 1. The van der Waals surface area contributed by atoms with Gasteiger partial charge in [0.2, 0.25) is 11.8 Å². The molecule has 0 saturated carbocycles. The maximum Gasteiger partial charge on any atom is 0.226 e. The summed E-state index contributed by atoms with van der Waals surface area (Å²) in [7, 11) is 0. The molecular weight excluding hydrogens is 408 g/mol. The van der Waals surface area contributed by atoms with Gasteiger partial charge in [0.25, 0.3) is 0 Å². The van der Waals surface area contributed by atoms with E-state index in [-0.39, 0.29) is 11.8 Å². The molecule has 0 unspecified atom stereocenters. The van der Waals surface area contributed by atoms with Crippen LogP contribution in [0.15, 0.2) is 53.9 Å². The second-order valence-corrected chi connectivity index (χ2v) is 8.04. The lowest BCUT2D eigenvalue weighted by molar-refractivity contribution is -0.119. The van der Waals surface area contributed by atoms with Crippen molar-refractivity contribution in [1.29, 1.82) is 5.26 Å². The number of aryl methyl sites for hydroxylation is 2. The van der Waals surface area contributed by atoms with Crippen LogP contribution < -0.4 is 10.6 Å². The van der Waals surface area contributed by atoms with Gasteiger partial charge in [-0.2, -0.15) is 5.26 Å². The van der Waals surface area contributed by atoms with E-state index in [1.807, 2.05) is 29.6 Å². The molecule has 0 spiro atoms. The highest BCUT2D eigenvalue weighted by Gasteiger charge is 2.09. The molecule has 0 fully saturated rings. The SMILES string of the molecule is CC(=O)NCCCc1ccc(-c2csc(NC(=O)CCc3ccc(C#N)cc3)n2)cc1. The van der Waals surface area contributed by atoms with Crippen LogP contribution in [0.4, 0.5) is 5.13 Å². The normalized spacial score (nSPS) is 10.3. The fraction of sp³-hybridized carbons (Fsp3) is 0.250. The Morgan fingerprint density at radius 1 is 1.03 bits per heavy atom. The zero-order chi connectivity index (χ0) is 22.1. The van der Waals surface area contributed by atoms with E-state index >= 15 is 0 Å². The molecule has 2 aromatic carbocycles. The van der Waals surface area contributed by atoms with Gasteiger partial charge in [0.1, 0.15) is 0 Å². The van der Waals surface area contributed by atoms with E-state index in [9.17, 15) is 9.59 Å². The summed E-state index contributed by atoms with van der Waals surface area (Å²) in [6, 6.07) is 17.5. The first-order chi connectivity index (χ1) is 15.0. The van der Waals surface area contributed by atoms with Gasteiger partial charge in [0.15, 0.2) is 5.13 Å². The van der Waals surface area contributed by atoms with Crippen molar-refractivity contribution in [1.82, 2.24) is 10.3 Å². The summed E-state index contributed by atoms with van der Waals surface area (Å²) >= 11 is 1.40. The number of hydrogen-bond acceptors (Lipinski definition) is 5. The number of carbonyl (C=O) groups excluding carboxylic acids is 2. The van der Waals surface area contributed by atoms with Crippen LogP contribution in [0.5, 0.6) is 0 Å². The van der Waals surface area contributed by atoms with Gasteiger partial charge in [0, 0.05) is 30.8 Å². The van der Waals surface area contributed by atoms with Crippen molar-refractivity contribution in [3.8, 4) is 17.3 Å². The standard InChI is InChI=1S/C24H24N4O2S/c1-17(29)26-14-2-3-18-8-11-21(12-9-18)22-16-31-24(27-22)28-23(30)13-10-19-4-6-20(15-25)7-5-19/h4-9,11-12,16H,2-3,10,13-14H2,1H3,(H,26,29)(H,27,28,30). The Labute approximate surface area is 186 Å². The summed E-state index contributed by atoms with van der Waals surface area (Å²) in [5.74, 6) is -0.0872. The molecule has 3 rings (SSSR count). The molecule has 0 radical (unpaired) electrons. The van der Waals surface area contributed by atoms with Crippen molar-refractivity contribution >= 4 is 28.3 Å². The van der Waals surface area contributed by atoms with Gasteiger partial charge in [0.05, 0.1) is 17.3 Å². The molecule has 0 bridgehead atoms. The van der Waals surface area contributed by atoms with Crippen molar-refractivity contribution in [3.05, 3.63) is 70.6 Å². The molecular formula is C24H24N4O2S. The van der Waals surface area contributed by atoms with E-state index in [0.29, 0.717) is 30.1 Å². The number of benzene rings is 2. The van der Waals surface area contributed by atoms with Gasteiger partial charge in [-0.1, -0.05) is 36.4 Å². The molecule has 2 amide bonds. The summed E-state index contributed by atoms with van der Waals surface area (Å²) in [4.78, 5) is 27.7. The van der Waals surface area contributed by atoms with Gasteiger partial charge < -0.3 is 10.6 Å². The molecule has 0 aliphatic carbocycles. The Morgan fingerprint density at radius 2 is 1.71 bits per heavy atom. The lowest BCUT2D eigenvalue weighted by Gasteiger charge is -2.04. The number of rotatable bonds is 9. The second kappa shape index (κ2) is 11.0. The molecule has 31 heavy (non-hydrogen) atoms. The quantitative estimate of drug-likeness (QED) is 0.492. The van der Waals surface area contributed by atoms with Gasteiger partial charge in [-0.3, -0.25) is 9.59 Å². The van der Waals surface area contributed by atoms with E-state index < -0.39 is 0 Å². The molecule has 3 aromatic rings. The number of nitriles is 1. The molecule has 7 heteroatoms. The maximum absolute atomic E-state index is 12.2. The summed E-state index contributed by atoms with van der Waals surface area (Å²) in [6.07, 6.45) is 2.76. The first kappa shape index (κ1) is 22.2. The summed E-state index contributed by atoms with van der Waals surface area (Å²) < 4.78 is 0. The van der Waals surface area contributed by atoms with E-state index in [4.69, 9.17) is 5.26 Å². The van der Waals surface area contributed by atoms with Crippen molar-refractivity contribution in [2.45, 2.75) is 32.6 Å². The summed E-state index contributed by atoms with van der Waals surface area (Å²) in [6.45, 7) is 2.20. The van der Waals surface area contributed by atoms with Crippen LogP contribution in [0.2, 0.25) is 0 Å². The van der Waals surface area contributed by atoms with Gasteiger partial charge in [-0.25, -0.2) is 4.98 Å². The predicted octanol–water partition coefficient (Wildman–Crippen LogP) is 4.32. The van der Waals surface area contributed by atoms with E-state index in [2.05, 4.69) is 33.8 Å². The number of hydrogen-bond donors (Lipinski definition) is 2. The zero-order valence-corrected chi connectivity index (χ0v) is 18.2. The third kappa shape index (κ3) is 7.05. The Bertz CT molecular complexity index is 1070. The molecule has 0 aliphatic heterocycles. The summed E-state index contributed by atoms with van der Waals surface area (Å²) in [5.41, 5.74) is 4.67. The number of carbonyl (C=O) groups is 2. The van der Waals surface area contributed by atoms with Gasteiger partial charge in [-0.15, -0.1) is 11.3 Å². The molecule has 158 valence electrons. The number of anilines is 1. The minimum atomic E-state index is -0.0835. The lowest BCUT2D eigenvalue weighted by Crippen LogP contribution is -2.21. The number of nitrogens with one attached hydrogen (secondary N) is 2. The van der Waals surface area contributed by atoms with Crippen LogP contribution in [-0.4, -0.2) is 23.3 Å². The average molecular weight is 433 g/mol. The van der Waals surface area contributed by atoms with Crippen LogP contribution in [-0.2, 0) is 22.4 Å². The van der Waals surface area contributed by atoms with Crippen LogP contribution in [0, 0.1) is 11.3 Å². The highest BCUT2D eigenvalue weighted by molar-refractivity contribution is 7.14. The Morgan fingerprint density at radius 3 is 2.39 bits per heavy atom. The molecule has 1 aromatic heterocycles. The van der Waals surface area contributed by atoms with E-state index in [1.54, 1.807) is 12.1 Å². The van der Waals surface area contributed by atoms with Crippen molar-refractivity contribution in [2.24, 2.45) is 0 Å². The largest absolute Gasteiger partial charge is 0.356 e. The maximum atomic E-state index is 12.2. The minimum absolute atomic E-state index is 0.00368. The van der Waals surface area contributed by atoms with E-state index in [1.165, 1.54) is 23.8 Å². The molecule has 0 saturated heterocycles. The first-order valence-electron chi connectivity index (χ1n) is 10.1. The molecule has 6 nitrogen and oxygen atoms in total. The fourth-order valence-corrected chi connectivity index (χ4v) is 3.78. The fourth-order valence-electron chi connectivity index (χ4n) is 3.05. The smallest absolute Gasteiger partial charge is 0.226 e. The van der Waals surface area contributed by atoms with Crippen molar-refractivity contribution in [3.63, 3.8) is 0 Å². The predicted molar refractivity (Wildman–Crippen MR) is 123 cm³/mol. The average Bonchev–Trinajstić information content (AvgIpc) is 3.24. The minimum Gasteiger partial charge on any atom is -0.356 e. The third-order valence-corrected chi connectivity index (χ3v) is 5.50. The van der Waals surface area contributed by atoms with Gasteiger partial charge >= 0.3 is 0 Å². The third-order valence-electron chi connectivity index (χ3n) is 4.74. The molecule has 1 heterocycles.